The highest BCUT2D eigenvalue weighted by atomic mass is 35.5. The Balaban J connectivity index is 1.64. The van der Waals surface area contributed by atoms with Gasteiger partial charge in [-0.05, 0) is 47.5 Å². The number of nitrogens with zero attached hydrogens (tertiary/aromatic N) is 3. The second-order valence-corrected chi connectivity index (χ2v) is 12.0. The van der Waals surface area contributed by atoms with Crippen LogP contribution in [0.5, 0.6) is 0 Å². The van der Waals surface area contributed by atoms with Crippen LogP contribution < -0.4 is 4.31 Å². The number of anilines is 1. The molecule has 5 rings (SSSR count). The Bertz CT molecular complexity index is 1520. The van der Waals surface area contributed by atoms with Gasteiger partial charge in [0.2, 0.25) is 10.0 Å². The Morgan fingerprint density at radius 3 is 2.49 bits per heavy atom. The molecule has 0 spiro atoms. The minimum absolute atomic E-state index is 0.284. The lowest BCUT2D eigenvalue weighted by molar-refractivity contribution is -0.182. The van der Waals surface area contributed by atoms with E-state index < -0.39 is 64.2 Å². The molecule has 0 saturated carbocycles. The summed E-state index contributed by atoms with van der Waals surface area (Å²) in [4.78, 5) is 30.8. The van der Waals surface area contributed by atoms with Crippen molar-refractivity contribution in [2.75, 3.05) is 16.6 Å². The van der Waals surface area contributed by atoms with Crippen LogP contribution in [0.25, 0.3) is 0 Å². The quantitative estimate of drug-likeness (QED) is 0.454. The first-order valence-electron chi connectivity index (χ1n) is 11.9. The molecule has 0 radical (unpaired) electrons. The molecule has 4 atom stereocenters. The average Bonchev–Trinajstić information content (AvgIpc) is 3.19. The number of carbonyl (C=O) groups excluding carboxylic acids is 1. The topological polar surface area (TPSA) is 117 Å². The van der Waals surface area contributed by atoms with Crippen molar-refractivity contribution in [3.8, 4) is 0 Å². The zero-order chi connectivity index (χ0) is 27.9. The maximum absolute atomic E-state index is 14.6. The molecular formula is C26H22Cl2FN3O6S. The van der Waals surface area contributed by atoms with Gasteiger partial charge in [0, 0.05) is 16.2 Å². The van der Waals surface area contributed by atoms with Crippen LogP contribution in [0.15, 0.2) is 66.9 Å². The molecule has 0 unspecified atom stereocenters. The number of hydrogen-bond acceptors (Lipinski definition) is 6. The smallest absolute Gasteiger partial charge is 0.306 e. The van der Waals surface area contributed by atoms with Crippen LogP contribution in [0, 0.1) is 5.82 Å². The molecule has 2 fully saturated rings. The summed E-state index contributed by atoms with van der Waals surface area (Å²) in [7, 11) is -4.09. The Morgan fingerprint density at radius 1 is 1.08 bits per heavy atom. The number of morpholine rings is 1. The standard InChI is InChI=1S/C26H22Cl2FN3O6S/c27-17-8-6-15(7-9-17)23-24(16-3-1-4-18(28)11-16)38-21(12-22(33)34)26(35)32(23)19-13-31(39(36,37)14-19)25-20(29)5-2-10-30-25/h1-11,19,21,23-24H,12-14H2,(H,33,34)/t19-,21-,23-,24-/m1/s1. The second-order valence-electron chi connectivity index (χ2n) is 9.21. The summed E-state index contributed by atoms with van der Waals surface area (Å²) in [5, 5.41) is 10.3. The maximum atomic E-state index is 14.6. The van der Waals surface area contributed by atoms with Crippen molar-refractivity contribution in [3.63, 3.8) is 0 Å². The van der Waals surface area contributed by atoms with Gasteiger partial charge in [-0.2, -0.15) is 0 Å². The third-order valence-electron chi connectivity index (χ3n) is 6.66. The van der Waals surface area contributed by atoms with Crippen molar-refractivity contribution in [2.24, 2.45) is 0 Å². The third-order valence-corrected chi connectivity index (χ3v) is 8.95. The number of pyridine rings is 1. The number of carbonyl (C=O) groups is 2. The first-order chi connectivity index (χ1) is 18.5. The highest BCUT2D eigenvalue weighted by molar-refractivity contribution is 7.93. The van der Waals surface area contributed by atoms with Crippen molar-refractivity contribution in [1.82, 2.24) is 9.88 Å². The number of aromatic nitrogens is 1. The molecule has 9 nitrogen and oxygen atoms in total. The number of carboxylic acid groups (broad SMARTS) is 1. The van der Waals surface area contributed by atoms with Crippen LogP contribution in [-0.2, 0) is 24.3 Å². The lowest BCUT2D eigenvalue weighted by Gasteiger charge is -2.47. The average molecular weight is 594 g/mol. The highest BCUT2D eigenvalue weighted by Gasteiger charge is 2.51. The highest BCUT2D eigenvalue weighted by Crippen LogP contribution is 2.45. The second kappa shape index (κ2) is 10.7. The van der Waals surface area contributed by atoms with Gasteiger partial charge in [-0.1, -0.05) is 47.5 Å². The Hall–Kier alpha value is -3.25. The van der Waals surface area contributed by atoms with Crippen LogP contribution in [0.2, 0.25) is 10.0 Å². The van der Waals surface area contributed by atoms with E-state index >= 15 is 0 Å². The number of aliphatic carboxylic acids is 1. The van der Waals surface area contributed by atoms with Gasteiger partial charge < -0.3 is 14.7 Å². The molecule has 39 heavy (non-hydrogen) atoms. The van der Waals surface area contributed by atoms with E-state index in [4.69, 9.17) is 27.9 Å². The van der Waals surface area contributed by atoms with Gasteiger partial charge in [0.15, 0.2) is 11.6 Å². The fraction of sp³-hybridized carbons (Fsp3) is 0.269. The van der Waals surface area contributed by atoms with Crippen molar-refractivity contribution in [3.05, 3.63) is 93.8 Å². The normalized spacial score (nSPS) is 24.6. The van der Waals surface area contributed by atoms with Crippen LogP contribution in [0.4, 0.5) is 10.2 Å². The minimum atomic E-state index is -4.09. The SMILES string of the molecule is O=C(O)C[C@H]1O[C@H](c2cccc(Cl)c2)[C@@H](c2ccc(Cl)cc2)N([C@@H]2CN(c3ncccc3F)S(=O)(=O)C2)C1=O. The predicted molar refractivity (Wildman–Crippen MR) is 141 cm³/mol. The first-order valence-corrected chi connectivity index (χ1v) is 14.2. The molecule has 0 bridgehead atoms. The molecule has 2 saturated heterocycles. The fourth-order valence-electron chi connectivity index (χ4n) is 5.04. The van der Waals surface area contributed by atoms with Gasteiger partial charge in [0.25, 0.3) is 5.91 Å². The number of halogens is 3. The van der Waals surface area contributed by atoms with E-state index in [-0.39, 0.29) is 12.4 Å². The third kappa shape index (κ3) is 5.44. The van der Waals surface area contributed by atoms with Crippen molar-refractivity contribution in [1.29, 1.82) is 0 Å². The number of benzene rings is 2. The van der Waals surface area contributed by atoms with Gasteiger partial charge >= 0.3 is 5.97 Å². The predicted octanol–water partition coefficient (Wildman–Crippen LogP) is 4.23. The first kappa shape index (κ1) is 27.3. The lowest BCUT2D eigenvalue weighted by Crippen LogP contribution is -2.56. The van der Waals surface area contributed by atoms with E-state index in [0.29, 0.717) is 21.2 Å². The van der Waals surface area contributed by atoms with Crippen LogP contribution in [-0.4, -0.2) is 59.7 Å². The van der Waals surface area contributed by atoms with Crippen LogP contribution >= 0.6 is 23.2 Å². The van der Waals surface area contributed by atoms with Gasteiger partial charge in [0.1, 0.15) is 12.2 Å². The number of rotatable bonds is 6. The summed E-state index contributed by atoms with van der Waals surface area (Å²) in [5.41, 5.74) is 1.13. The van der Waals surface area contributed by atoms with E-state index in [1.165, 1.54) is 17.2 Å². The lowest BCUT2D eigenvalue weighted by atomic mass is 9.90. The number of hydrogen-bond donors (Lipinski definition) is 1. The van der Waals surface area contributed by atoms with Gasteiger partial charge in [0.05, 0.1) is 30.8 Å². The molecule has 2 aliphatic heterocycles. The van der Waals surface area contributed by atoms with E-state index in [1.54, 1.807) is 48.5 Å². The zero-order valence-corrected chi connectivity index (χ0v) is 22.5. The summed E-state index contributed by atoms with van der Waals surface area (Å²) in [5.74, 6) is -3.69. The molecule has 3 aromatic rings. The molecule has 1 aromatic heterocycles. The van der Waals surface area contributed by atoms with Crippen molar-refractivity contribution in [2.45, 2.75) is 30.7 Å². The largest absolute Gasteiger partial charge is 0.481 e. The molecule has 13 heteroatoms. The summed E-state index contributed by atoms with van der Waals surface area (Å²) < 4.78 is 48.0. The Kier molecular flexibility index (Phi) is 7.51. The Morgan fingerprint density at radius 2 is 1.82 bits per heavy atom. The number of carboxylic acids is 1. The van der Waals surface area contributed by atoms with E-state index in [2.05, 4.69) is 4.98 Å². The molecule has 204 valence electrons. The summed E-state index contributed by atoms with van der Waals surface area (Å²) in [6.45, 7) is -0.284. The maximum Gasteiger partial charge on any atom is 0.306 e. The van der Waals surface area contributed by atoms with E-state index in [9.17, 15) is 27.5 Å². The van der Waals surface area contributed by atoms with E-state index in [1.807, 2.05) is 0 Å². The zero-order valence-electron chi connectivity index (χ0n) is 20.2. The van der Waals surface area contributed by atoms with Crippen LogP contribution in [0.1, 0.15) is 29.7 Å². The monoisotopic (exact) mass is 593 g/mol. The molecule has 2 aromatic carbocycles. The molecule has 0 aliphatic carbocycles. The summed E-state index contributed by atoms with van der Waals surface area (Å²) in [6.07, 6.45) is -1.68. The minimum Gasteiger partial charge on any atom is -0.481 e. The molecular weight excluding hydrogens is 572 g/mol. The molecule has 1 N–H and O–H groups in total. The van der Waals surface area contributed by atoms with Gasteiger partial charge in [-0.15, -0.1) is 0 Å². The van der Waals surface area contributed by atoms with E-state index in [0.717, 1.165) is 10.4 Å². The van der Waals surface area contributed by atoms with Gasteiger partial charge in [-0.25, -0.2) is 22.1 Å². The van der Waals surface area contributed by atoms with Crippen molar-refractivity contribution >= 4 is 50.9 Å². The fourth-order valence-corrected chi connectivity index (χ4v) is 7.09. The summed E-state index contributed by atoms with van der Waals surface area (Å²) in [6, 6.07) is 13.9. The molecule has 2 aliphatic rings. The van der Waals surface area contributed by atoms with Crippen molar-refractivity contribution < 1.29 is 32.2 Å². The molecule has 3 heterocycles. The van der Waals surface area contributed by atoms with Gasteiger partial charge in [-0.3, -0.25) is 9.59 Å². The van der Waals surface area contributed by atoms with Crippen LogP contribution in [0.3, 0.4) is 0 Å². The number of sulfonamides is 1. The number of amides is 1. The Labute approximate surface area is 233 Å². The molecule has 1 amide bonds. The summed E-state index contributed by atoms with van der Waals surface area (Å²) >= 11 is 12.4. The number of ether oxygens (including phenoxy) is 1.